The molecule has 6 unspecified atom stereocenters. The number of aliphatic hydroxyl groups is 2. The van der Waals surface area contributed by atoms with Crippen LogP contribution in [-0.4, -0.2) is 77.7 Å². The van der Waals surface area contributed by atoms with E-state index < -0.39 is 23.8 Å². The number of oxime groups is 1. The molecule has 0 saturated heterocycles. The molecule has 0 bridgehead atoms. The SMILES string of the molecule is C=CCOC12Oc3ccc(OCc4ccccc4F)cc3C3C(CCCCO)C(CCCCO)C=C(C(=NOCC)CC1N(Cc1cccc4ccccc14)C(=O)OCCCl)C32. The molecular weight excluding hydrogens is 811 g/mol. The number of aliphatic hydroxyl groups excluding tert-OH is 2. The van der Waals surface area contributed by atoms with Crippen LogP contribution in [0.1, 0.15) is 74.5 Å². The standard InChI is InChI=1S/C50H58ClFN2O8/c1-3-27-60-50-46(54(49(57)58-28-24-51)32-36-18-13-17-34-14-5-7-19-39(34)36)31-44(53-61-4-2)41-29-35(15-9-11-25-55)40(20-10-12-26-56)47(48(41)50)42-30-38(22-23-45(42)62-50)59-33-37-16-6-8-21-43(37)52/h3,5-8,13-14,16-19,21-23,29-30,35,40,46-48,55-56H,1,4,9-12,15,20,24-28,31-33H2,2H3. The van der Waals surface area contributed by atoms with Crippen molar-refractivity contribution in [3.8, 4) is 11.5 Å². The van der Waals surface area contributed by atoms with Crippen LogP contribution < -0.4 is 9.47 Å². The molecule has 4 aromatic carbocycles. The molecule has 6 atom stereocenters. The van der Waals surface area contributed by atoms with Crippen LogP contribution in [0.5, 0.6) is 11.5 Å². The Balaban J connectivity index is 1.44. The van der Waals surface area contributed by atoms with Gasteiger partial charge in [0.05, 0.1) is 30.7 Å². The van der Waals surface area contributed by atoms with Gasteiger partial charge in [-0.05, 0) is 90.6 Å². The lowest BCUT2D eigenvalue weighted by atomic mass is 9.55. The Kier molecular flexibility index (Phi) is 15.6. The van der Waals surface area contributed by atoms with E-state index in [1.54, 1.807) is 29.2 Å². The molecule has 0 spiro atoms. The maximum Gasteiger partial charge on any atom is 0.410 e. The van der Waals surface area contributed by atoms with Gasteiger partial charge in [-0.3, -0.25) is 4.90 Å². The Morgan fingerprint density at radius 2 is 1.76 bits per heavy atom. The zero-order valence-corrected chi connectivity index (χ0v) is 36.2. The molecule has 1 fully saturated rings. The predicted octanol–water partition coefficient (Wildman–Crippen LogP) is 10.1. The Labute approximate surface area is 368 Å². The molecule has 1 saturated carbocycles. The van der Waals surface area contributed by atoms with Crippen molar-refractivity contribution in [2.75, 3.05) is 38.9 Å². The minimum atomic E-state index is -1.49. The maximum absolute atomic E-state index is 14.8. The van der Waals surface area contributed by atoms with Crippen LogP contribution in [-0.2, 0) is 27.5 Å². The lowest BCUT2D eigenvalue weighted by Crippen LogP contribution is -2.70. The van der Waals surface area contributed by atoms with E-state index in [-0.39, 0.29) is 75.5 Å². The summed E-state index contributed by atoms with van der Waals surface area (Å²) >= 11 is 6.13. The molecule has 1 aliphatic heterocycles. The van der Waals surface area contributed by atoms with Crippen molar-refractivity contribution in [1.82, 2.24) is 4.90 Å². The van der Waals surface area contributed by atoms with Gasteiger partial charge in [0.25, 0.3) is 0 Å². The van der Waals surface area contributed by atoms with E-state index in [2.05, 4.69) is 12.7 Å². The summed E-state index contributed by atoms with van der Waals surface area (Å²) in [6.45, 7) is 6.70. The normalized spacial score (nSPS) is 23.1. The zero-order valence-electron chi connectivity index (χ0n) is 35.4. The van der Waals surface area contributed by atoms with Gasteiger partial charge in [-0.2, -0.15) is 0 Å². The van der Waals surface area contributed by atoms with Crippen LogP contribution in [0.3, 0.4) is 0 Å². The van der Waals surface area contributed by atoms with Crippen LogP contribution in [0.15, 0.2) is 114 Å². The summed E-state index contributed by atoms with van der Waals surface area (Å²) in [5, 5.41) is 26.7. The zero-order chi connectivity index (χ0) is 43.5. The number of carbonyl (C=O) groups is 1. The average Bonchev–Trinajstić information content (AvgIpc) is 3.29. The first-order valence-electron chi connectivity index (χ1n) is 21.9. The van der Waals surface area contributed by atoms with Crippen LogP contribution in [0.4, 0.5) is 9.18 Å². The molecule has 12 heteroatoms. The molecule has 3 aliphatic rings. The number of ether oxygens (including phenoxy) is 4. The highest BCUT2D eigenvalue weighted by molar-refractivity contribution is 6.18. The Bertz CT molecular complexity index is 2210. The van der Waals surface area contributed by atoms with E-state index in [0.29, 0.717) is 42.2 Å². The van der Waals surface area contributed by atoms with E-state index in [9.17, 15) is 19.4 Å². The summed E-state index contributed by atoms with van der Waals surface area (Å²) in [4.78, 5) is 22.3. The molecular formula is C50H58ClFN2O8. The summed E-state index contributed by atoms with van der Waals surface area (Å²) in [6.07, 6.45) is 8.07. The van der Waals surface area contributed by atoms with Gasteiger partial charge in [0.1, 0.15) is 43.2 Å². The minimum Gasteiger partial charge on any atom is -0.489 e. The summed E-state index contributed by atoms with van der Waals surface area (Å²) in [7, 11) is 0. The lowest BCUT2D eigenvalue weighted by Gasteiger charge is -2.59. The first-order valence-corrected chi connectivity index (χ1v) is 22.4. The molecule has 330 valence electrons. The fraction of sp³-hybridized carbons (Fsp3) is 0.440. The first kappa shape index (κ1) is 45.1. The number of halogens is 2. The maximum atomic E-state index is 14.8. The Morgan fingerprint density at radius 3 is 2.53 bits per heavy atom. The highest BCUT2D eigenvalue weighted by Crippen LogP contribution is 2.62. The van der Waals surface area contributed by atoms with Gasteiger partial charge in [-0.15, -0.1) is 18.2 Å². The fourth-order valence-electron chi connectivity index (χ4n) is 9.78. The van der Waals surface area contributed by atoms with Crippen molar-refractivity contribution in [2.24, 2.45) is 22.9 Å². The minimum absolute atomic E-state index is 0.00143. The number of unbranched alkanes of at least 4 members (excludes halogenated alkanes) is 2. The van der Waals surface area contributed by atoms with E-state index in [4.69, 9.17) is 40.5 Å². The molecule has 2 N–H and O–H groups in total. The second-order valence-corrected chi connectivity index (χ2v) is 16.5. The van der Waals surface area contributed by atoms with Crippen molar-refractivity contribution in [3.63, 3.8) is 0 Å². The van der Waals surface area contributed by atoms with E-state index in [0.717, 1.165) is 53.2 Å². The molecule has 7 rings (SSSR count). The largest absolute Gasteiger partial charge is 0.489 e. The van der Waals surface area contributed by atoms with Gasteiger partial charge in [0, 0.05) is 36.7 Å². The molecule has 62 heavy (non-hydrogen) atoms. The van der Waals surface area contributed by atoms with Gasteiger partial charge in [-0.25, -0.2) is 9.18 Å². The Morgan fingerprint density at radius 1 is 1.00 bits per heavy atom. The number of nitrogens with zero attached hydrogens (tertiary/aromatic N) is 2. The topological polar surface area (TPSA) is 119 Å². The third-order valence-corrected chi connectivity index (χ3v) is 12.6. The van der Waals surface area contributed by atoms with Gasteiger partial charge >= 0.3 is 6.09 Å². The molecule has 10 nitrogen and oxygen atoms in total. The molecule has 2 aliphatic carbocycles. The van der Waals surface area contributed by atoms with Crippen LogP contribution in [0, 0.1) is 23.6 Å². The predicted molar refractivity (Wildman–Crippen MR) is 239 cm³/mol. The van der Waals surface area contributed by atoms with E-state index >= 15 is 0 Å². The van der Waals surface area contributed by atoms with Gasteiger partial charge in [-0.1, -0.05) is 90.8 Å². The van der Waals surface area contributed by atoms with Crippen molar-refractivity contribution in [3.05, 3.63) is 132 Å². The molecule has 0 aromatic heterocycles. The summed E-state index contributed by atoms with van der Waals surface area (Å²) in [5.41, 5.74) is 3.84. The smallest absolute Gasteiger partial charge is 0.410 e. The van der Waals surface area contributed by atoms with E-state index in [1.165, 1.54) is 6.07 Å². The van der Waals surface area contributed by atoms with Crippen LogP contribution in [0.2, 0.25) is 0 Å². The number of hydrogen-bond acceptors (Lipinski definition) is 9. The number of alkyl halides is 1. The van der Waals surface area contributed by atoms with Crippen molar-refractivity contribution in [2.45, 2.75) is 82.8 Å². The number of fused-ring (bicyclic) bond motifs is 3. The van der Waals surface area contributed by atoms with Gasteiger partial charge < -0.3 is 34.0 Å². The van der Waals surface area contributed by atoms with Crippen molar-refractivity contribution < 1.29 is 43.2 Å². The third kappa shape index (κ3) is 9.66. The first-order chi connectivity index (χ1) is 30.4. The molecule has 1 heterocycles. The van der Waals surface area contributed by atoms with Crippen LogP contribution in [0.25, 0.3) is 10.8 Å². The lowest BCUT2D eigenvalue weighted by molar-refractivity contribution is -0.256. The highest BCUT2D eigenvalue weighted by Gasteiger charge is 2.65. The number of rotatable bonds is 21. The Hall–Kier alpha value is -4.94. The second-order valence-electron chi connectivity index (χ2n) is 16.1. The molecule has 4 aromatic rings. The summed E-state index contributed by atoms with van der Waals surface area (Å²) in [5.74, 6) is -1.34. The average molecular weight is 869 g/mol. The number of allylic oxidation sites excluding steroid dienone is 1. The van der Waals surface area contributed by atoms with Crippen molar-refractivity contribution in [1.29, 1.82) is 0 Å². The molecule has 0 radical (unpaired) electrons. The quantitative estimate of drug-likeness (QED) is 0.0368. The number of benzene rings is 4. The van der Waals surface area contributed by atoms with Gasteiger partial charge in [0.15, 0.2) is 0 Å². The summed E-state index contributed by atoms with van der Waals surface area (Å²) < 4.78 is 41.4. The summed E-state index contributed by atoms with van der Waals surface area (Å²) in [6, 6.07) is 25.6. The highest BCUT2D eigenvalue weighted by atomic mass is 35.5. The monoisotopic (exact) mass is 868 g/mol. The van der Waals surface area contributed by atoms with E-state index in [1.807, 2.05) is 67.6 Å². The molecule has 1 amide bonds. The number of amides is 1. The third-order valence-electron chi connectivity index (χ3n) is 12.4. The van der Waals surface area contributed by atoms with Gasteiger partial charge in [0.2, 0.25) is 5.79 Å². The fourth-order valence-corrected chi connectivity index (χ4v) is 9.86. The second kappa shape index (κ2) is 21.4. The van der Waals surface area contributed by atoms with Crippen LogP contribution >= 0.6 is 11.6 Å². The number of carbonyl (C=O) groups excluding carboxylic acids is 1. The number of hydrogen-bond donors (Lipinski definition) is 2. The van der Waals surface area contributed by atoms with Crippen molar-refractivity contribution >= 4 is 34.2 Å².